The van der Waals surface area contributed by atoms with Crippen LogP contribution in [0.1, 0.15) is 12.5 Å². The van der Waals surface area contributed by atoms with Crippen LogP contribution in [-0.2, 0) is 6.54 Å². The van der Waals surface area contributed by atoms with Gasteiger partial charge in [0.2, 0.25) is 0 Å². The number of nitrogens with one attached hydrogen (secondary N) is 1. The molecule has 0 amide bonds. The van der Waals surface area contributed by atoms with Crippen molar-refractivity contribution in [3.8, 4) is 0 Å². The summed E-state index contributed by atoms with van der Waals surface area (Å²) in [4.78, 5) is 5.37. The molecule has 0 saturated carbocycles. The summed E-state index contributed by atoms with van der Waals surface area (Å²) in [6, 6.07) is 9.54. The van der Waals surface area contributed by atoms with E-state index in [1.54, 1.807) is 6.20 Å². The summed E-state index contributed by atoms with van der Waals surface area (Å²) in [5, 5.41) is 5.51. The highest BCUT2D eigenvalue weighted by Crippen LogP contribution is 2.35. The van der Waals surface area contributed by atoms with Crippen LogP contribution in [0.2, 0.25) is 10.0 Å². The van der Waals surface area contributed by atoms with Gasteiger partial charge in [-0.15, -0.1) is 0 Å². The molecule has 0 aliphatic carbocycles. The Kier molecular flexibility index (Phi) is 5.52. The van der Waals surface area contributed by atoms with E-state index in [9.17, 15) is 0 Å². The fourth-order valence-corrected chi connectivity index (χ4v) is 3.08. The Morgan fingerprint density at radius 1 is 1.16 bits per heavy atom. The highest BCUT2D eigenvalue weighted by atomic mass is 35.5. The molecule has 2 aromatic rings. The number of nitrogens with zero attached hydrogens (tertiary/aromatic N) is 1. The van der Waals surface area contributed by atoms with E-state index in [-0.39, 0.29) is 0 Å². The first-order valence-electron chi connectivity index (χ1n) is 5.99. The van der Waals surface area contributed by atoms with Gasteiger partial charge in [-0.2, -0.15) is 0 Å². The standard InChI is InChI=1S/C14H14Cl2N2S/c1-2-17-9-10-11(15)5-3-7-13(10)19-14-12(16)6-4-8-18-14/h3-8,17H,2,9H2,1H3. The van der Waals surface area contributed by atoms with Gasteiger partial charge in [-0.3, -0.25) is 0 Å². The lowest BCUT2D eigenvalue weighted by molar-refractivity contribution is 0.718. The Hall–Kier alpha value is -0.740. The third-order valence-corrected chi connectivity index (χ3v) is 4.45. The topological polar surface area (TPSA) is 24.9 Å². The van der Waals surface area contributed by atoms with Crippen molar-refractivity contribution in [1.29, 1.82) is 0 Å². The molecule has 1 aromatic heterocycles. The maximum absolute atomic E-state index is 6.26. The number of rotatable bonds is 5. The van der Waals surface area contributed by atoms with Crippen molar-refractivity contribution in [3.63, 3.8) is 0 Å². The minimum absolute atomic E-state index is 0.655. The Labute approximate surface area is 127 Å². The van der Waals surface area contributed by atoms with Gasteiger partial charge in [0.15, 0.2) is 0 Å². The molecule has 1 N–H and O–H groups in total. The van der Waals surface area contributed by atoms with Crippen molar-refractivity contribution in [2.75, 3.05) is 6.54 Å². The molecule has 0 radical (unpaired) electrons. The fourth-order valence-electron chi connectivity index (χ4n) is 1.61. The van der Waals surface area contributed by atoms with E-state index in [0.29, 0.717) is 5.02 Å². The van der Waals surface area contributed by atoms with Gasteiger partial charge in [-0.05, 0) is 36.4 Å². The van der Waals surface area contributed by atoms with Crippen molar-refractivity contribution in [2.24, 2.45) is 0 Å². The molecule has 0 saturated heterocycles. The Bertz CT molecular complexity index is 561. The van der Waals surface area contributed by atoms with Gasteiger partial charge in [-0.1, -0.05) is 48.0 Å². The van der Waals surface area contributed by atoms with Gasteiger partial charge >= 0.3 is 0 Å². The van der Waals surface area contributed by atoms with Crippen molar-refractivity contribution in [1.82, 2.24) is 10.3 Å². The molecule has 0 spiro atoms. The molecule has 0 unspecified atom stereocenters. The van der Waals surface area contributed by atoms with Crippen LogP contribution in [0.25, 0.3) is 0 Å². The van der Waals surface area contributed by atoms with E-state index >= 15 is 0 Å². The highest BCUT2D eigenvalue weighted by molar-refractivity contribution is 7.99. The smallest absolute Gasteiger partial charge is 0.119 e. The molecule has 0 aliphatic rings. The predicted molar refractivity (Wildman–Crippen MR) is 82.2 cm³/mol. The zero-order valence-electron chi connectivity index (χ0n) is 10.5. The van der Waals surface area contributed by atoms with Crippen molar-refractivity contribution in [2.45, 2.75) is 23.4 Å². The molecular formula is C14H14Cl2N2S. The number of aromatic nitrogens is 1. The van der Waals surface area contributed by atoms with Crippen LogP contribution in [0, 0.1) is 0 Å². The number of pyridine rings is 1. The molecule has 2 rings (SSSR count). The van der Waals surface area contributed by atoms with Gasteiger partial charge in [0.1, 0.15) is 5.03 Å². The molecule has 2 nitrogen and oxygen atoms in total. The summed E-state index contributed by atoms with van der Waals surface area (Å²) >= 11 is 13.9. The van der Waals surface area contributed by atoms with Crippen LogP contribution in [0.4, 0.5) is 0 Å². The molecule has 0 atom stereocenters. The second-order valence-corrected chi connectivity index (χ2v) is 5.73. The van der Waals surface area contributed by atoms with E-state index in [1.165, 1.54) is 11.8 Å². The average Bonchev–Trinajstić information content (AvgIpc) is 2.41. The lowest BCUT2D eigenvalue weighted by atomic mass is 10.2. The molecule has 0 bridgehead atoms. The molecule has 5 heteroatoms. The minimum Gasteiger partial charge on any atom is -0.313 e. The summed E-state index contributed by atoms with van der Waals surface area (Å²) in [5.74, 6) is 0. The average molecular weight is 313 g/mol. The monoisotopic (exact) mass is 312 g/mol. The predicted octanol–water partition coefficient (Wildman–Crippen LogP) is 4.65. The zero-order chi connectivity index (χ0) is 13.7. The van der Waals surface area contributed by atoms with Crippen LogP contribution in [-0.4, -0.2) is 11.5 Å². The second kappa shape index (κ2) is 7.15. The molecule has 0 aliphatic heterocycles. The minimum atomic E-state index is 0.655. The van der Waals surface area contributed by atoms with Crippen LogP contribution in [0.15, 0.2) is 46.5 Å². The lowest BCUT2D eigenvalue weighted by Gasteiger charge is -2.11. The van der Waals surface area contributed by atoms with Gasteiger partial charge < -0.3 is 5.32 Å². The Balaban J connectivity index is 2.29. The van der Waals surface area contributed by atoms with Crippen molar-refractivity contribution in [3.05, 3.63) is 52.1 Å². The first kappa shape index (κ1) is 14.7. The highest BCUT2D eigenvalue weighted by Gasteiger charge is 2.10. The summed E-state index contributed by atoms with van der Waals surface area (Å²) < 4.78 is 0. The van der Waals surface area contributed by atoms with Gasteiger partial charge in [0.05, 0.1) is 5.02 Å². The van der Waals surface area contributed by atoms with Crippen LogP contribution < -0.4 is 5.32 Å². The van der Waals surface area contributed by atoms with E-state index in [0.717, 1.165) is 33.6 Å². The van der Waals surface area contributed by atoms with Gasteiger partial charge in [0, 0.05) is 22.7 Å². The summed E-state index contributed by atoms with van der Waals surface area (Å²) in [6.45, 7) is 3.71. The van der Waals surface area contributed by atoms with E-state index in [4.69, 9.17) is 23.2 Å². The third-order valence-electron chi connectivity index (χ3n) is 2.56. The molecular weight excluding hydrogens is 299 g/mol. The number of hydrogen-bond donors (Lipinski definition) is 1. The zero-order valence-corrected chi connectivity index (χ0v) is 12.8. The Morgan fingerprint density at radius 3 is 2.68 bits per heavy atom. The third kappa shape index (κ3) is 3.86. The summed E-state index contributed by atoms with van der Waals surface area (Å²) in [7, 11) is 0. The fraction of sp³-hybridized carbons (Fsp3) is 0.214. The normalized spacial score (nSPS) is 10.7. The summed E-state index contributed by atoms with van der Waals surface area (Å²) in [5.41, 5.74) is 1.08. The van der Waals surface area contributed by atoms with Crippen LogP contribution in [0.5, 0.6) is 0 Å². The number of halogens is 2. The van der Waals surface area contributed by atoms with Crippen LogP contribution >= 0.6 is 35.0 Å². The van der Waals surface area contributed by atoms with Crippen molar-refractivity contribution < 1.29 is 0 Å². The molecule has 1 heterocycles. The van der Waals surface area contributed by atoms with E-state index in [1.807, 2.05) is 30.3 Å². The molecule has 19 heavy (non-hydrogen) atoms. The van der Waals surface area contributed by atoms with E-state index in [2.05, 4.69) is 17.2 Å². The quantitative estimate of drug-likeness (QED) is 0.870. The maximum atomic E-state index is 6.26. The number of benzene rings is 1. The van der Waals surface area contributed by atoms with E-state index < -0.39 is 0 Å². The summed E-state index contributed by atoms with van der Waals surface area (Å²) in [6.07, 6.45) is 1.74. The second-order valence-electron chi connectivity index (χ2n) is 3.89. The SMILES string of the molecule is CCNCc1c(Cl)cccc1Sc1ncccc1Cl. The largest absolute Gasteiger partial charge is 0.313 e. The first-order chi connectivity index (χ1) is 9.22. The van der Waals surface area contributed by atoms with Gasteiger partial charge in [-0.25, -0.2) is 4.98 Å². The van der Waals surface area contributed by atoms with Crippen LogP contribution in [0.3, 0.4) is 0 Å². The lowest BCUT2D eigenvalue weighted by Crippen LogP contribution is -2.12. The van der Waals surface area contributed by atoms with Crippen molar-refractivity contribution >= 4 is 35.0 Å². The maximum Gasteiger partial charge on any atom is 0.119 e. The number of hydrogen-bond acceptors (Lipinski definition) is 3. The first-order valence-corrected chi connectivity index (χ1v) is 7.56. The molecule has 100 valence electrons. The Morgan fingerprint density at radius 2 is 1.95 bits per heavy atom. The van der Waals surface area contributed by atoms with Gasteiger partial charge in [0.25, 0.3) is 0 Å². The molecule has 0 fully saturated rings. The molecule has 1 aromatic carbocycles.